The topological polar surface area (TPSA) is 131 Å². The summed E-state index contributed by atoms with van der Waals surface area (Å²) < 4.78 is 7.81. The van der Waals surface area contributed by atoms with Crippen molar-refractivity contribution < 1.29 is 14.9 Å². The lowest BCUT2D eigenvalue weighted by atomic mass is 9.87. The van der Waals surface area contributed by atoms with Gasteiger partial charge in [0, 0.05) is 29.1 Å². The first-order valence-electron chi connectivity index (χ1n) is 11.6. The van der Waals surface area contributed by atoms with Crippen LogP contribution in [0.25, 0.3) is 21.9 Å². The molecular weight excluding hydrogens is 432 g/mol. The number of nitrogens with one attached hydrogen (secondary N) is 1. The van der Waals surface area contributed by atoms with Crippen molar-refractivity contribution in [2.24, 2.45) is 0 Å². The van der Waals surface area contributed by atoms with E-state index < -0.39 is 24.5 Å². The van der Waals surface area contributed by atoms with Gasteiger partial charge in [0.15, 0.2) is 6.23 Å². The molecule has 1 aromatic carbocycles. The number of aromatic nitrogens is 4. The van der Waals surface area contributed by atoms with Gasteiger partial charge in [-0.25, -0.2) is 15.0 Å². The molecule has 9 nitrogen and oxygen atoms in total. The van der Waals surface area contributed by atoms with E-state index in [1.165, 1.54) is 11.9 Å². The first kappa shape index (κ1) is 21.3. The molecule has 2 aliphatic heterocycles. The predicted octanol–water partition coefficient (Wildman–Crippen LogP) is 2.52. The first-order valence-corrected chi connectivity index (χ1v) is 11.6. The number of benzene rings is 1. The Morgan fingerprint density at radius 2 is 2.03 bits per heavy atom. The van der Waals surface area contributed by atoms with Crippen LogP contribution in [0.15, 0.2) is 42.9 Å². The number of pyridine rings is 1. The zero-order valence-electron chi connectivity index (χ0n) is 19.1. The number of nitrogen functional groups attached to an aromatic ring is 1. The van der Waals surface area contributed by atoms with E-state index in [1.807, 2.05) is 0 Å². The van der Waals surface area contributed by atoms with E-state index in [-0.39, 0.29) is 5.41 Å². The molecule has 6 rings (SSSR count). The average Bonchev–Trinajstić information content (AvgIpc) is 3.46. The van der Waals surface area contributed by atoms with Gasteiger partial charge in [-0.2, -0.15) is 0 Å². The van der Waals surface area contributed by atoms with Gasteiger partial charge in [0.1, 0.15) is 35.8 Å². The standard InChI is InChI=1S/C25H28N6O3/c1-25(2)11-27-22-16(25)10-14-5-3-13(9-17(14)30-22)4-6-18-19(32)20(33)24(34-18)31-8-7-15-21(26)28-12-29-23(15)31/h3,5,7-10,12,18-20,24,32-33H,4,6,11H2,1-2H3,(H,27,30)(H2,26,28,29)/t18-,19-,20-,24-/m1/s1. The van der Waals surface area contributed by atoms with E-state index in [0.717, 1.165) is 28.8 Å². The Morgan fingerprint density at radius 3 is 2.88 bits per heavy atom. The molecular formula is C25H28N6O3. The number of fused-ring (bicyclic) bond motifs is 3. The van der Waals surface area contributed by atoms with Crippen LogP contribution in [-0.4, -0.2) is 54.6 Å². The number of nitrogens with zero attached hydrogens (tertiary/aromatic N) is 4. The molecule has 0 amide bonds. The van der Waals surface area contributed by atoms with Crippen molar-refractivity contribution in [3.8, 4) is 0 Å². The molecule has 9 heteroatoms. The molecule has 1 fully saturated rings. The van der Waals surface area contributed by atoms with Gasteiger partial charge in [-0.3, -0.25) is 0 Å². The Balaban J connectivity index is 1.20. The van der Waals surface area contributed by atoms with E-state index >= 15 is 0 Å². The third-order valence-electron chi connectivity index (χ3n) is 7.18. The molecule has 4 aromatic rings. The van der Waals surface area contributed by atoms with Crippen LogP contribution in [0.5, 0.6) is 0 Å². The monoisotopic (exact) mass is 460 g/mol. The molecule has 176 valence electrons. The molecule has 1 saturated heterocycles. The van der Waals surface area contributed by atoms with Gasteiger partial charge in [0.25, 0.3) is 0 Å². The summed E-state index contributed by atoms with van der Waals surface area (Å²) in [4.78, 5) is 13.1. The summed E-state index contributed by atoms with van der Waals surface area (Å²) in [7, 11) is 0. The number of nitrogens with two attached hydrogens (primary N) is 1. The van der Waals surface area contributed by atoms with Crippen LogP contribution in [0.2, 0.25) is 0 Å². The fourth-order valence-corrected chi connectivity index (χ4v) is 5.12. The van der Waals surface area contributed by atoms with E-state index in [9.17, 15) is 10.2 Å². The highest BCUT2D eigenvalue weighted by Crippen LogP contribution is 2.37. The van der Waals surface area contributed by atoms with E-state index in [1.54, 1.807) is 16.8 Å². The van der Waals surface area contributed by atoms with Gasteiger partial charge in [-0.1, -0.05) is 26.0 Å². The number of anilines is 2. The van der Waals surface area contributed by atoms with Crippen molar-refractivity contribution in [1.82, 2.24) is 19.5 Å². The normalized spacial score (nSPS) is 25.6. The highest BCUT2D eigenvalue weighted by Gasteiger charge is 2.43. The quantitative estimate of drug-likeness (QED) is 0.365. The number of hydrogen-bond acceptors (Lipinski definition) is 8. The summed E-state index contributed by atoms with van der Waals surface area (Å²) in [5, 5.41) is 26.6. The highest BCUT2D eigenvalue weighted by molar-refractivity contribution is 5.86. The summed E-state index contributed by atoms with van der Waals surface area (Å²) in [6, 6.07) is 10.3. The van der Waals surface area contributed by atoms with Gasteiger partial charge in [-0.05, 0) is 36.6 Å². The molecule has 0 spiro atoms. The minimum atomic E-state index is -1.08. The van der Waals surface area contributed by atoms with Gasteiger partial charge in [0.05, 0.1) is 17.0 Å². The summed E-state index contributed by atoms with van der Waals surface area (Å²) in [6.07, 6.45) is 1.04. The summed E-state index contributed by atoms with van der Waals surface area (Å²) in [5.41, 5.74) is 9.87. The van der Waals surface area contributed by atoms with Crippen LogP contribution >= 0.6 is 0 Å². The maximum absolute atomic E-state index is 10.7. The van der Waals surface area contributed by atoms with Crippen molar-refractivity contribution in [1.29, 1.82) is 0 Å². The van der Waals surface area contributed by atoms with Gasteiger partial charge < -0.3 is 30.6 Å². The SMILES string of the molecule is CC1(C)CNc2nc3cc(CC[C@H]4O[C@@H](n5ccc6c(N)ncnc65)[C@H](O)[C@@H]4O)ccc3cc21. The lowest BCUT2D eigenvalue weighted by molar-refractivity contribution is -0.0364. The zero-order valence-corrected chi connectivity index (χ0v) is 19.1. The Labute approximate surface area is 196 Å². The Kier molecular flexibility index (Phi) is 4.77. The first-order chi connectivity index (χ1) is 16.3. The van der Waals surface area contributed by atoms with Crippen LogP contribution in [-0.2, 0) is 16.6 Å². The number of aliphatic hydroxyl groups excluding tert-OH is 2. The van der Waals surface area contributed by atoms with E-state index in [2.05, 4.69) is 53.4 Å². The molecule has 4 atom stereocenters. The maximum Gasteiger partial charge on any atom is 0.164 e. The highest BCUT2D eigenvalue weighted by atomic mass is 16.6. The van der Waals surface area contributed by atoms with Gasteiger partial charge >= 0.3 is 0 Å². The summed E-state index contributed by atoms with van der Waals surface area (Å²) in [5.74, 6) is 1.32. The maximum atomic E-state index is 10.7. The number of aryl methyl sites for hydroxylation is 1. The molecule has 0 radical (unpaired) electrons. The summed E-state index contributed by atoms with van der Waals surface area (Å²) in [6.45, 7) is 5.33. The minimum absolute atomic E-state index is 0.0747. The lowest BCUT2D eigenvalue weighted by Crippen LogP contribution is -2.31. The number of ether oxygens (including phenoxy) is 1. The molecule has 5 N–H and O–H groups in total. The van der Waals surface area contributed by atoms with Crippen molar-refractivity contribution in [3.63, 3.8) is 0 Å². The fourth-order valence-electron chi connectivity index (χ4n) is 5.12. The molecule has 0 aliphatic carbocycles. The zero-order chi connectivity index (χ0) is 23.6. The lowest BCUT2D eigenvalue weighted by Gasteiger charge is -2.17. The second kappa shape index (κ2) is 7.63. The largest absolute Gasteiger partial charge is 0.388 e. The molecule has 5 heterocycles. The van der Waals surface area contributed by atoms with Gasteiger partial charge in [0.2, 0.25) is 0 Å². The molecule has 34 heavy (non-hydrogen) atoms. The van der Waals surface area contributed by atoms with E-state index in [0.29, 0.717) is 29.7 Å². The van der Waals surface area contributed by atoms with Crippen molar-refractivity contribution in [2.75, 3.05) is 17.6 Å². The Morgan fingerprint density at radius 1 is 1.18 bits per heavy atom. The minimum Gasteiger partial charge on any atom is -0.388 e. The predicted molar refractivity (Wildman–Crippen MR) is 129 cm³/mol. The van der Waals surface area contributed by atoms with Crippen LogP contribution in [0.3, 0.4) is 0 Å². The van der Waals surface area contributed by atoms with Gasteiger partial charge in [-0.15, -0.1) is 0 Å². The van der Waals surface area contributed by atoms with Crippen LogP contribution in [0, 0.1) is 0 Å². The van der Waals surface area contributed by atoms with Crippen molar-refractivity contribution in [3.05, 3.63) is 54.0 Å². The van der Waals surface area contributed by atoms with E-state index in [4.69, 9.17) is 15.5 Å². The van der Waals surface area contributed by atoms with Crippen molar-refractivity contribution >= 4 is 33.6 Å². The second-order valence-corrected chi connectivity index (χ2v) is 9.95. The summed E-state index contributed by atoms with van der Waals surface area (Å²) >= 11 is 0. The molecule has 0 saturated carbocycles. The smallest absolute Gasteiger partial charge is 0.164 e. The third kappa shape index (κ3) is 3.31. The number of aliphatic hydroxyl groups is 2. The Bertz CT molecular complexity index is 1400. The third-order valence-corrected chi connectivity index (χ3v) is 7.18. The number of hydrogen-bond donors (Lipinski definition) is 4. The molecule has 3 aromatic heterocycles. The molecule has 2 aliphatic rings. The fraction of sp³-hybridized carbons (Fsp3) is 0.400. The van der Waals surface area contributed by atoms with Crippen molar-refractivity contribution in [2.45, 2.75) is 56.6 Å². The Hall–Kier alpha value is -3.27. The second-order valence-electron chi connectivity index (χ2n) is 9.95. The van der Waals surface area contributed by atoms with Crippen LogP contribution in [0.4, 0.5) is 11.6 Å². The van der Waals surface area contributed by atoms with Crippen LogP contribution < -0.4 is 11.1 Å². The molecule has 0 bridgehead atoms. The van der Waals surface area contributed by atoms with Crippen LogP contribution in [0.1, 0.15) is 37.6 Å². The number of rotatable bonds is 4. The molecule has 0 unspecified atom stereocenters. The average molecular weight is 461 g/mol.